The molecule has 1 aliphatic heterocycles. The minimum atomic E-state index is -0.0540. The molecule has 22 heavy (non-hydrogen) atoms. The maximum atomic E-state index is 11.8. The van der Waals surface area contributed by atoms with Crippen molar-refractivity contribution in [2.75, 3.05) is 36.0 Å². The molecule has 118 valence electrons. The van der Waals surface area contributed by atoms with Gasteiger partial charge in [0.05, 0.1) is 6.04 Å². The lowest BCUT2D eigenvalue weighted by molar-refractivity contribution is 0.497. The van der Waals surface area contributed by atoms with Crippen molar-refractivity contribution in [2.45, 2.75) is 26.8 Å². The predicted molar refractivity (Wildman–Crippen MR) is 88.0 cm³/mol. The van der Waals surface area contributed by atoms with Gasteiger partial charge in [0.2, 0.25) is 5.13 Å². The van der Waals surface area contributed by atoms with E-state index in [0.717, 1.165) is 43.0 Å². The lowest BCUT2D eigenvalue weighted by atomic mass is 10.3. The smallest absolute Gasteiger partial charge is 0.267 e. The van der Waals surface area contributed by atoms with Crippen LogP contribution in [0.2, 0.25) is 0 Å². The first-order valence-electron chi connectivity index (χ1n) is 7.44. The standard InChI is InChI=1S/C14H20N6OS/c1-10(2)20-13(21)5-4-12(16-20)18-6-8-19(9-7-18)14-15-11(3)17-22-14/h4-5,10H,6-9H2,1-3H3. The average molecular weight is 320 g/mol. The largest absolute Gasteiger partial charge is 0.352 e. The molecule has 0 N–H and O–H groups in total. The van der Waals surface area contributed by atoms with E-state index in [9.17, 15) is 4.79 Å². The number of nitrogens with zero attached hydrogens (tertiary/aromatic N) is 6. The first kappa shape index (κ1) is 15.0. The number of hydrogen-bond acceptors (Lipinski definition) is 7. The van der Waals surface area contributed by atoms with Crippen molar-refractivity contribution in [3.63, 3.8) is 0 Å². The summed E-state index contributed by atoms with van der Waals surface area (Å²) < 4.78 is 5.77. The zero-order chi connectivity index (χ0) is 15.7. The number of rotatable bonds is 3. The van der Waals surface area contributed by atoms with Crippen LogP contribution in [0.1, 0.15) is 25.7 Å². The van der Waals surface area contributed by atoms with Crippen LogP contribution in [0, 0.1) is 6.92 Å². The van der Waals surface area contributed by atoms with Crippen LogP contribution in [0.15, 0.2) is 16.9 Å². The van der Waals surface area contributed by atoms with Crippen LogP contribution in [0.25, 0.3) is 0 Å². The fraction of sp³-hybridized carbons (Fsp3) is 0.571. The third kappa shape index (κ3) is 2.96. The minimum absolute atomic E-state index is 0.0540. The van der Waals surface area contributed by atoms with Crippen molar-refractivity contribution >= 4 is 22.5 Å². The molecule has 0 radical (unpaired) electrons. The van der Waals surface area contributed by atoms with E-state index in [-0.39, 0.29) is 11.6 Å². The summed E-state index contributed by atoms with van der Waals surface area (Å²) in [4.78, 5) is 20.7. The van der Waals surface area contributed by atoms with E-state index in [1.54, 1.807) is 6.07 Å². The molecular weight excluding hydrogens is 300 g/mol. The van der Waals surface area contributed by atoms with Crippen LogP contribution in [0.3, 0.4) is 0 Å². The Morgan fingerprint density at radius 3 is 2.41 bits per heavy atom. The van der Waals surface area contributed by atoms with Gasteiger partial charge >= 0.3 is 0 Å². The summed E-state index contributed by atoms with van der Waals surface area (Å²) in [6.45, 7) is 9.34. The summed E-state index contributed by atoms with van der Waals surface area (Å²) in [6, 6.07) is 3.48. The molecule has 2 aromatic rings. The van der Waals surface area contributed by atoms with Crippen LogP contribution in [0.4, 0.5) is 10.9 Å². The van der Waals surface area contributed by atoms with Gasteiger partial charge in [0, 0.05) is 43.8 Å². The van der Waals surface area contributed by atoms with Gasteiger partial charge < -0.3 is 9.80 Å². The highest BCUT2D eigenvalue weighted by Gasteiger charge is 2.21. The molecule has 1 fully saturated rings. The Morgan fingerprint density at radius 2 is 1.82 bits per heavy atom. The Hall–Kier alpha value is -1.96. The molecule has 0 unspecified atom stereocenters. The molecule has 2 aromatic heterocycles. The van der Waals surface area contributed by atoms with E-state index in [0.29, 0.717) is 0 Å². The lowest BCUT2D eigenvalue weighted by Gasteiger charge is -2.35. The zero-order valence-corrected chi connectivity index (χ0v) is 13.9. The van der Waals surface area contributed by atoms with Gasteiger partial charge in [0.1, 0.15) is 11.6 Å². The van der Waals surface area contributed by atoms with E-state index in [1.165, 1.54) is 16.2 Å². The molecule has 1 aliphatic rings. The van der Waals surface area contributed by atoms with Crippen molar-refractivity contribution in [2.24, 2.45) is 0 Å². The van der Waals surface area contributed by atoms with Gasteiger partial charge in [-0.05, 0) is 26.8 Å². The van der Waals surface area contributed by atoms with Crippen LogP contribution in [0.5, 0.6) is 0 Å². The zero-order valence-electron chi connectivity index (χ0n) is 13.1. The second-order valence-electron chi connectivity index (χ2n) is 5.67. The van der Waals surface area contributed by atoms with Crippen LogP contribution < -0.4 is 15.4 Å². The van der Waals surface area contributed by atoms with Gasteiger partial charge in [-0.25, -0.2) is 9.67 Å². The van der Waals surface area contributed by atoms with E-state index in [4.69, 9.17) is 0 Å². The quantitative estimate of drug-likeness (QED) is 0.849. The van der Waals surface area contributed by atoms with Gasteiger partial charge in [-0.3, -0.25) is 4.79 Å². The molecule has 0 bridgehead atoms. The Bertz CT molecular complexity index is 701. The van der Waals surface area contributed by atoms with Crippen molar-refractivity contribution in [3.8, 4) is 0 Å². The molecule has 1 saturated heterocycles. The monoisotopic (exact) mass is 320 g/mol. The lowest BCUT2D eigenvalue weighted by Crippen LogP contribution is -2.47. The fourth-order valence-electron chi connectivity index (χ4n) is 2.50. The number of piperazine rings is 1. The van der Waals surface area contributed by atoms with E-state index >= 15 is 0 Å². The Kier molecular flexibility index (Phi) is 4.10. The molecule has 0 spiro atoms. The maximum absolute atomic E-state index is 11.8. The van der Waals surface area contributed by atoms with E-state index in [2.05, 4.69) is 24.3 Å². The SMILES string of the molecule is Cc1nsc(N2CCN(c3ccc(=O)n(C(C)C)n3)CC2)n1. The van der Waals surface area contributed by atoms with E-state index < -0.39 is 0 Å². The number of hydrogen-bond donors (Lipinski definition) is 0. The first-order chi connectivity index (χ1) is 10.5. The van der Waals surface area contributed by atoms with Gasteiger partial charge in [-0.1, -0.05) is 0 Å². The number of aryl methyl sites for hydroxylation is 1. The molecular formula is C14H20N6OS. The Labute approximate surface area is 133 Å². The van der Waals surface area contributed by atoms with E-state index in [1.807, 2.05) is 26.8 Å². The van der Waals surface area contributed by atoms with Gasteiger partial charge in [0.15, 0.2) is 0 Å². The highest BCUT2D eigenvalue weighted by molar-refractivity contribution is 7.09. The van der Waals surface area contributed by atoms with Crippen LogP contribution in [-0.2, 0) is 0 Å². The van der Waals surface area contributed by atoms with Crippen molar-refractivity contribution in [3.05, 3.63) is 28.3 Å². The summed E-state index contributed by atoms with van der Waals surface area (Å²) in [6.07, 6.45) is 0. The maximum Gasteiger partial charge on any atom is 0.267 e. The van der Waals surface area contributed by atoms with Crippen LogP contribution >= 0.6 is 11.5 Å². The second kappa shape index (κ2) is 6.04. The van der Waals surface area contributed by atoms with Gasteiger partial charge in [0.25, 0.3) is 5.56 Å². The third-order valence-corrected chi connectivity index (χ3v) is 4.56. The first-order valence-corrected chi connectivity index (χ1v) is 8.22. The normalized spacial score (nSPS) is 15.6. The summed E-state index contributed by atoms with van der Waals surface area (Å²) in [5.41, 5.74) is -0.0540. The molecule has 0 aliphatic carbocycles. The average Bonchev–Trinajstić information content (AvgIpc) is 2.94. The number of aromatic nitrogens is 4. The highest BCUT2D eigenvalue weighted by Crippen LogP contribution is 2.20. The van der Waals surface area contributed by atoms with Crippen molar-refractivity contribution in [1.29, 1.82) is 0 Å². The second-order valence-corrected chi connectivity index (χ2v) is 6.40. The molecule has 0 atom stereocenters. The molecule has 0 amide bonds. The molecule has 3 heterocycles. The Balaban J connectivity index is 1.71. The fourth-order valence-corrected chi connectivity index (χ4v) is 3.22. The van der Waals surface area contributed by atoms with Gasteiger partial charge in [-0.2, -0.15) is 9.47 Å². The summed E-state index contributed by atoms with van der Waals surface area (Å²) in [5, 5.41) is 5.47. The topological polar surface area (TPSA) is 67.2 Å². The number of anilines is 2. The Morgan fingerprint density at radius 1 is 1.14 bits per heavy atom. The van der Waals surface area contributed by atoms with Gasteiger partial charge in [-0.15, -0.1) is 0 Å². The molecule has 0 aromatic carbocycles. The summed E-state index contributed by atoms with van der Waals surface area (Å²) >= 11 is 1.45. The third-order valence-electron chi connectivity index (χ3n) is 3.69. The summed E-state index contributed by atoms with van der Waals surface area (Å²) in [5.74, 6) is 1.69. The highest BCUT2D eigenvalue weighted by atomic mass is 32.1. The molecule has 3 rings (SSSR count). The van der Waals surface area contributed by atoms with Crippen molar-refractivity contribution < 1.29 is 0 Å². The van der Waals surface area contributed by atoms with Crippen LogP contribution in [-0.4, -0.2) is 45.3 Å². The minimum Gasteiger partial charge on any atom is -0.352 e. The molecule has 0 saturated carbocycles. The predicted octanol–water partition coefficient (Wildman–Crippen LogP) is 1.31. The summed E-state index contributed by atoms with van der Waals surface area (Å²) in [7, 11) is 0. The van der Waals surface area contributed by atoms with Crippen molar-refractivity contribution in [1.82, 2.24) is 19.1 Å². The molecule has 8 heteroatoms. The molecule has 7 nitrogen and oxygen atoms in total.